The van der Waals surface area contributed by atoms with Gasteiger partial charge in [0.2, 0.25) is 0 Å². The molecule has 2 nitrogen and oxygen atoms in total. The van der Waals surface area contributed by atoms with Gasteiger partial charge >= 0.3 is 0 Å². The maximum atomic E-state index is 6.63. The van der Waals surface area contributed by atoms with Crippen LogP contribution in [-0.2, 0) is 10.8 Å². The lowest BCUT2D eigenvalue weighted by Gasteiger charge is -2.29. The van der Waals surface area contributed by atoms with Crippen LogP contribution in [-0.4, -0.2) is 0 Å². The van der Waals surface area contributed by atoms with Crippen molar-refractivity contribution < 1.29 is 4.42 Å². The molecule has 0 N–H and O–H groups in total. The highest BCUT2D eigenvalue weighted by molar-refractivity contribution is 6.23. The molecule has 1 aromatic heterocycles. The van der Waals surface area contributed by atoms with E-state index in [-0.39, 0.29) is 10.8 Å². The first kappa shape index (κ1) is 27.5. The summed E-state index contributed by atoms with van der Waals surface area (Å²) in [7, 11) is 0. The number of furan rings is 1. The van der Waals surface area contributed by atoms with Crippen LogP contribution in [0.1, 0.15) is 49.9 Å². The van der Waals surface area contributed by atoms with Gasteiger partial charge in [-0.1, -0.05) is 125 Å². The highest BCUT2D eigenvalue weighted by Crippen LogP contribution is 2.57. The zero-order valence-corrected chi connectivity index (χ0v) is 27.6. The SMILES string of the molecule is CC1(C)c2ccccc2-c2ccc(N(c3ccccc3)c3ccc4c(c3)C(C)(C)c3c-4c4ccccc4c4oc5ccccc5c34)cc21. The van der Waals surface area contributed by atoms with Crippen LogP contribution in [0.2, 0.25) is 0 Å². The van der Waals surface area contributed by atoms with Gasteiger partial charge in [0.15, 0.2) is 0 Å². The lowest BCUT2D eigenvalue weighted by atomic mass is 9.79. The van der Waals surface area contributed by atoms with E-state index in [0.29, 0.717) is 0 Å². The normalized spacial score (nSPS) is 15.0. The Morgan fingerprint density at radius 2 is 1.04 bits per heavy atom. The van der Waals surface area contributed by atoms with Gasteiger partial charge in [0, 0.05) is 44.1 Å². The van der Waals surface area contributed by atoms with Crippen molar-refractivity contribution in [3.63, 3.8) is 0 Å². The molecule has 2 heteroatoms. The molecule has 2 aliphatic rings. The summed E-state index contributed by atoms with van der Waals surface area (Å²) in [5.41, 5.74) is 15.9. The summed E-state index contributed by atoms with van der Waals surface area (Å²) in [6.07, 6.45) is 0. The summed E-state index contributed by atoms with van der Waals surface area (Å²) in [6, 6.07) is 51.1. The lowest BCUT2D eigenvalue weighted by molar-refractivity contribution is 0.659. The fourth-order valence-corrected chi connectivity index (χ4v) is 8.94. The maximum absolute atomic E-state index is 6.63. The van der Waals surface area contributed by atoms with Gasteiger partial charge in [0.1, 0.15) is 11.2 Å². The van der Waals surface area contributed by atoms with E-state index in [1.165, 1.54) is 71.7 Å². The predicted octanol–water partition coefficient (Wildman–Crippen LogP) is 12.8. The van der Waals surface area contributed by atoms with E-state index in [2.05, 4.69) is 172 Å². The topological polar surface area (TPSA) is 16.4 Å². The third kappa shape index (κ3) is 3.52. The molecule has 0 atom stereocenters. The van der Waals surface area contributed by atoms with Crippen LogP contribution in [0.5, 0.6) is 0 Å². The summed E-state index contributed by atoms with van der Waals surface area (Å²) in [5.74, 6) is 0. The molecule has 0 spiro atoms. The molecule has 230 valence electrons. The van der Waals surface area contributed by atoms with Gasteiger partial charge in [0.05, 0.1) is 0 Å². The molecule has 48 heavy (non-hydrogen) atoms. The van der Waals surface area contributed by atoms with Crippen LogP contribution in [0.25, 0.3) is 55.0 Å². The van der Waals surface area contributed by atoms with Crippen molar-refractivity contribution in [3.8, 4) is 22.3 Å². The molecule has 1 heterocycles. The number of fused-ring (bicyclic) bond motifs is 13. The first-order valence-electron chi connectivity index (χ1n) is 16.9. The number of nitrogens with zero attached hydrogens (tertiary/aromatic N) is 1. The largest absolute Gasteiger partial charge is 0.455 e. The van der Waals surface area contributed by atoms with Crippen molar-refractivity contribution in [1.29, 1.82) is 0 Å². The molecule has 7 aromatic carbocycles. The zero-order chi connectivity index (χ0) is 32.4. The number of hydrogen-bond donors (Lipinski definition) is 0. The Labute approximate surface area is 280 Å². The van der Waals surface area contributed by atoms with Gasteiger partial charge in [-0.05, 0) is 92.4 Å². The van der Waals surface area contributed by atoms with Crippen molar-refractivity contribution in [3.05, 3.63) is 162 Å². The predicted molar refractivity (Wildman–Crippen MR) is 201 cm³/mol. The van der Waals surface area contributed by atoms with Gasteiger partial charge in [0.25, 0.3) is 0 Å². The highest BCUT2D eigenvalue weighted by atomic mass is 16.3. The molecule has 0 saturated carbocycles. The fourth-order valence-electron chi connectivity index (χ4n) is 8.94. The molecule has 0 radical (unpaired) electrons. The van der Waals surface area contributed by atoms with E-state index in [1.807, 2.05) is 0 Å². The second kappa shape index (κ2) is 9.49. The zero-order valence-electron chi connectivity index (χ0n) is 27.6. The number of rotatable bonds is 3. The Morgan fingerprint density at radius 3 is 1.81 bits per heavy atom. The second-order valence-corrected chi connectivity index (χ2v) is 14.5. The number of anilines is 3. The van der Waals surface area contributed by atoms with Crippen LogP contribution >= 0.6 is 0 Å². The average Bonchev–Trinajstić information content (AvgIpc) is 3.69. The minimum Gasteiger partial charge on any atom is -0.455 e. The highest BCUT2D eigenvalue weighted by Gasteiger charge is 2.41. The molecular weight excluding hydrogens is 583 g/mol. The van der Waals surface area contributed by atoms with E-state index in [4.69, 9.17) is 4.42 Å². The molecule has 0 amide bonds. The third-order valence-corrected chi connectivity index (χ3v) is 11.2. The van der Waals surface area contributed by atoms with Gasteiger partial charge in [-0.3, -0.25) is 0 Å². The third-order valence-electron chi connectivity index (χ3n) is 11.2. The lowest BCUT2D eigenvalue weighted by Crippen LogP contribution is -2.18. The Bertz CT molecular complexity index is 2620. The fraction of sp³-hybridized carbons (Fsp3) is 0.130. The monoisotopic (exact) mass is 617 g/mol. The summed E-state index contributed by atoms with van der Waals surface area (Å²) < 4.78 is 6.63. The summed E-state index contributed by atoms with van der Waals surface area (Å²) in [6.45, 7) is 9.49. The summed E-state index contributed by atoms with van der Waals surface area (Å²) in [5, 5.41) is 4.84. The van der Waals surface area contributed by atoms with Gasteiger partial charge in [-0.25, -0.2) is 0 Å². The quantitative estimate of drug-likeness (QED) is 0.196. The molecule has 0 saturated heterocycles. The average molecular weight is 618 g/mol. The minimum atomic E-state index is -0.250. The molecule has 0 aliphatic heterocycles. The molecule has 10 rings (SSSR count). The van der Waals surface area contributed by atoms with E-state index in [9.17, 15) is 0 Å². The molecule has 8 aromatic rings. The van der Waals surface area contributed by atoms with E-state index >= 15 is 0 Å². The standard InChI is InChI=1S/C46H35NO/c1-45(2)37-20-12-10-16-31(37)32-24-22-29(26-38(32)45)47(28-14-6-5-7-15-28)30-23-25-35-39(27-30)46(3,4)43-41(35)33-17-8-9-18-34(33)44-42(43)36-19-11-13-21-40(36)48-44/h5-27H,1-4H3. The Morgan fingerprint density at radius 1 is 0.458 bits per heavy atom. The molecule has 0 unspecified atom stereocenters. The van der Waals surface area contributed by atoms with Crippen molar-refractivity contribution >= 4 is 49.8 Å². The summed E-state index contributed by atoms with van der Waals surface area (Å²) >= 11 is 0. The van der Waals surface area contributed by atoms with E-state index < -0.39 is 0 Å². The van der Waals surface area contributed by atoms with Crippen molar-refractivity contribution in [2.75, 3.05) is 4.90 Å². The first-order chi connectivity index (χ1) is 23.3. The second-order valence-electron chi connectivity index (χ2n) is 14.5. The Hall–Kier alpha value is -5.60. The van der Waals surface area contributed by atoms with Gasteiger partial charge in [-0.15, -0.1) is 0 Å². The van der Waals surface area contributed by atoms with Crippen LogP contribution < -0.4 is 4.90 Å². The number of benzene rings is 7. The smallest absolute Gasteiger partial charge is 0.143 e. The van der Waals surface area contributed by atoms with Crippen molar-refractivity contribution in [2.45, 2.75) is 38.5 Å². The van der Waals surface area contributed by atoms with Crippen molar-refractivity contribution in [1.82, 2.24) is 0 Å². The minimum absolute atomic E-state index is 0.0777. The summed E-state index contributed by atoms with van der Waals surface area (Å²) in [4.78, 5) is 2.43. The first-order valence-corrected chi connectivity index (χ1v) is 16.9. The van der Waals surface area contributed by atoms with Crippen LogP contribution in [0.3, 0.4) is 0 Å². The molecular formula is C46H35NO. The van der Waals surface area contributed by atoms with Gasteiger partial charge in [-0.2, -0.15) is 0 Å². The van der Waals surface area contributed by atoms with E-state index in [1.54, 1.807) is 0 Å². The van der Waals surface area contributed by atoms with Crippen LogP contribution in [0.4, 0.5) is 17.1 Å². The number of para-hydroxylation sites is 2. The van der Waals surface area contributed by atoms with Crippen LogP contribution in [0.15, 0.2) is 144 Å². The van der Waals surface area contributed by atoms with E-state index in [0.717, 1.165) is 22.5 Å². The number of hydrogen-bond acceptors (Lipinski definition) is 2. The Kier molecular flexibility index (Phi) is 5.44. The molecule has 0 bridgehead atoms. The van der Waals surface area contributed by atoms with Gasteiger partial charge < -0.3 is 9.32 Å². The molecule has 0 fully saturated rings. The van der Waals surface area contributed by atoms with Crippen LogP contribution in [0, 0.1) is 0 Å². The van der Waals surface area contributed by atoms with Crippen molar-refractivity contribution in [2.24, 2.45) is 0 Å². The molecule has 2 aliphatic carbocycles. The maximum Gasteiger partial charge on any atom is 0.143 e. The Balaban J connectivity index is 1.21.